The maximum atomic E-state index is 3.53. The van der Waals surface area contributed by atoms with Crippen molar-refractivity contribution in [3.05, 3.63) is 34.9 Å². The number of hydrogen-bond acceptors (Lipinski definition) is 1. The van der Waals surface area contributed by atoms with Gasteiger partial charge in [0.05, 0.1) is 0 Å². The molecular weight excluding hydrogens is 206 g/mol. The molecule has 1 aromatic rings. The van der Waals surface area contributed by atoms with E-state index < -0.39 is 0 Å². The minimum atomic E-state index is 0.534. The minimum Gasteiger partial charge on any atom is -0.313 e. The third-order valence-corrected chi connectivity index (χ3v) is 4.78. The Hall–Kier alpha value is -0.820. The van der Waals surface area contributed by atoms with Crippen molar-refractivity contribution in [2.45, 2.75) is 45.6 Å². The molecule has 1 fully saturated rings. The Labute approximate surface area is 105 Å². The van der Waals surface area contributed by atoms with E-state index in [0.29, 0.717) is 11.5 Å². The highest BCUT2D eigenvalue weighted by Gasteiger charge is 2.50. The lowest BCUT2D eigenvalue weighted by molar-refractivity contribution is 0.441. The van der Waals surface area contributed by atoms with Crippen molar-refractivity contribution < 1.29 is 0 Å². The van der Waals surface area contributed by atoms with Crippen molar-refractivity contribution in [1.29, 1.82) is 0 Å². The Morgan fingerprint density at radius 3 is 2.59 bits per heavy atom. The smallest absolute Gasteiger partial charge is 0.0351 e. The third-order valence-electron chi connectivity index (χ3n) is 4.78. The molecule has 0 aliphatic heterocycles. The van der Waals surface area contributed by atoms with Crippen LogP contribution in [-0.2, 0) is 12.8 Å². The highest BCUT2D eigenvalue weighted by Crippen LogP contribution is 2.57. The maximum absolute atomic E-state index is 3.53. The van der Waals surface area contributed by atoms with Gasteiger partial charge in [-0.3, -0.25) is 0 Å². The van der Waals surface area contributed by atoms with E-state index in [-0.39, 0.29) is 0 Å². The van der Waals surface area contributed by atoms with E-state index in [1.54, 1.807) is 11.1 Å². The molecule has 0 bridgehead atoms. The van der Waals surface area contributed by atoms with Gasteiger partial charge < -0.3 is 5.32 Å². The summed E-state index contributed by atoms with van der Waals surface area (Å²) in [6.07, 6.45) is 5.27. The maximum Gasteiger partial charge on any atom is 0.0351 e. The molecule has 1 N–H and O–H groups in total. The Balaban J connectivity index is 1.87. The molecule has 0 amide bonds. The molecule has 3 rings (SSSR count). The number of benzene rings is 1. The average molecular weight is 229 g/mol. The summed E-state index contributed by atoms with van der Waals surface area (Å²) < 4.78 is 0. The summed E-state index contributed by atoms with van der Waals surface area (Å²) in [5.74, 6) is 0.812. The van der Waals surface area contributed by atoms with Crippen LogP contribution in [-0.4, -0.2) is 7.05 Å². The van der Waals surface area contributed by atoms with Gasteiger partial charge in [0.2, 0.25) is 0 Å². The summed E-state index contributed by atoms with van der Waals surface area (Å²) in [5, 5.41) is 3.53. The highest BCUT2D eigenvalue weighted by molar-refractivity contribution is 5.37. The number of nitrogens with one attached hydrogen (secondary N) is 1. The first-order valence-corrected chi connectivity index (χ1v) is 6.91. The molecule has 92 valence electrons. The van der Waals surface area contributed by atoms with Gasteiger partial charge in [0.15, 0.2) is 0 Å². The van der Waals surface area contributed by atoms with Gasteiger partial charge in [-0.15, -0.1) is 0 Å². The molecule has 0 heterocycles. The Kier molecular flexibility index (Phi) is 2.55. The van der Waals surface area contributed by atoms with Crippen LogP contribution in [0.4, 0.5) is 0 Å². The zero-order valence-electron chi connectivity index (χ0n) is 11.2. The van der Waals surface area contributed by atoms with Crippen LogP contribution in [0.1, 0.15) is 49.4 Å². The molecule has 0 aromatic heterocycles. The first kappa shape index (κ1) is 11.3. The van der Waals surface area contributed by atoms with Crippen LogP contribution in [0, 0.1) is 11.3 Å². The predicted octanol–water partition coefficient (Wildman–Crippen LogP) is 3.48. The van der Waals surface area contributed by atoms with Crippen LogP contribution in [0.3, 0.4) is 0 Å². The molecule has 0 spiro atoms. The molecule has 0 saturated heterocycles. The second-order valence-electron chi connectivity index (χ2n) is 6.45. The zero-order chi connectivity index (χ0) is 12.0. The van der Waals surface area contributed by atoms with E-state index in [2.05, 4.69) is 44.4 Å². The fraction of sp³-hybridized carbons (Fsp3) is 0.625. The fourth-order valence-corrected chi connectivity index (χ4v) is 3.46. The Morgan fingerprint density at radius 1 is 1.24 bits per heavy atom. The second-order valence-corrected chi connectivity index (χ2v) is 6.45. The SMILES string of the molecule is CNC(c1ccc2c(c1)CCC2)C1CC1(C)C. The lowest BCUT2D eigenvalue weighted by Gasteiger charge is -2.19. The largest absolute Gasteiger partial charge is 0.313 e. The van der Waals surface area contributed by atoms with Crippen LogP contribution >= 0.6 is 0 Å². The fourth-order valence-electron chi connectivity index (χ4n) is 3.46. The van der Waals surface area contributed by atoms with Gasteiger partial charge in [0.1, 0.15) is 0 Å². The topological polar surface area (TPSA) is 12.0 Å². The normalized spacial score (nSPS) is 26.6. The Morgan fingerprint density at radius 2 is 1.94 bits per heavy atom. The number of fused-ring (bicyclic) bond motifs is 1. The average Bonchev–Trinajstić information content (AvgIpc) is 2.76. The lowest BCUT2D eigenvalue weighted by atomic mass is 9.94. The molecule has 1 aromatic carbocycles. The lowest BCUT2D eigenvalue weighted by Crippen LogP contribution is -2.20. The van der Waals surface area contributed by atoms with E-state index in [1.165, 1.54) is 31.2 Å². The highest BCUT2D eigenvalue weighted by atomic mass is 14.9. The van der Waals surface area contributed by atoms with E-state index in [0.717, 1.165) is 5.92 Å². The van der Waals surface area contributed by atoms with Gasteiger partial charge in [-0.05, 0) is 60.8 Å². The summed E-state index contributed by atoms with van der Waals surface area (Å²) in [4.78, 5) is 0. The number of aryl methyl sites for hydroxylation is 2. The molecule has 2 atom stereocenters. The molecule has 2 aliphatic carbocycles. The summed E-state index contributed by atoms with van der Waals surface area (Å²) in [6.45, 7) is 4.77. The monoisotopic (exact) mass is 229 g/mol. The number of hydrogen-bond donors (Lipinski definition) is 1. The van der Waals surface area contributed by atoms with Crippen LogP contribution in [0.25, 0.3) is 0 Å². The van der Waals surface area contributed by atoms with E-state index in [1.807, 2.05) is 0 Å². The van der Waals surface area contributed by atoms with Crippen molar-refractivity contribution in [3.8, 4) is 0 Å². The van der Waals surface area contributed by atoms with Gasteiger partial charge in [0.25, 0.3) is 0 Å². The minimum absolute atomic E-state index is 0.534. The predicted molar refractivity (Wildman–Crippen MR) is 72.2 cm³/mol. The quantitative estimate of drug-likeness (QED) is 0.836. The van der Waals surface area contributed by atoms with Crippen LogP contribution in [0.2, 0.25) is 0 Å². The van der Waals surface area contributed by atoms with Crippen LogP contribution < -0.4 is 5.32 Å². The standard InChI is InChI=1S/C16H23N/c1-16(2)10-14(16)15(17-3)13-8-7-11-5-4-6-12(11)9-13/h7-9,14-15,17H,4-6,10H2,1-3H3. The van der Waals surface area contributed by atoms with Gasteiger partial charge in [-0.2, -0.15) is 0 Å². The van der Waals surface area contributed by atoms with Crippen molar-refractivity contribution in [2.24, 2.45) is 11.3 Å². The van der Waals surface area contributed by atoms with Crippen molar-refractivity contribution in [1.82, 2.24) is 5.32 Å². The molecule has 2 aliphatic rings. The summed E-state index contributed by atoms with van der Waals surface area (Å²) >= 11 is 0. The Bertz CT molecular complexity index is 433. The first-order chi connectivity index (χ1) is 8.12. The number of rotatable bonds is 3. The zero-order valence-corrected chi connectivity index (χ0v) is 11.2. The van der Waals surface area contributed by atoms with Crippen molar-refractivity contribution in [2.75, 3.05) is 7.05 Å². The van der Waals surface area contributed by atoms with Gasteiger partial charge in [-0.1, -0.05) is 32.0 Å². The molecule has 1 heteroatoms. The van der Waals surface area contributed by atoms with Crippen LogP contribution in [0.15, 0.2) is 18.2 Å². The summed E-state index contributed by atoms with van der Waals surface area (Å²) in [6, 6.07) is 7.71. The van der Waals surface area contributed by atoms with Crippen molar-refractivity contribution >= 4 is 0 Å². The molecule has 1 saturated carbocycles. The molecule has 1 nitrogen and oxygen atoms in total. The summed E-state index contributed by atoms with van der Waals surface area (Å²) in [5.41, 5.74) is 5.22. The molecule has 17 heavy (non-hydrogen) atoms. The molecular formula is C16H23N. The van der Waals surface area contributed by atoms with Gasteiger partial charge >= 0.3 is 0 Å². The van der Waals surface area contributed by atoms with E-state index in [9.17, 15) is 0 Å². The van der Waals surface area contributed by atoms with Gasteiger partial charge in [0, 0.05) is 6.04 Å². The van der Waals surface area contributed by atoms with E-state index in [4.69, 9.17) is 0 Å². The van der Waals surface area contributed by atoms with Crippen LogP contribution in [0.5, 0.6) is 0 Å². The first-order valence-electron chi connectivity index (χ1n) is 6.91. The van der Waals surface area contributed by atoms with Crippen molar-refractivity contribution in [3.63, 3.8) is 0 Å². The third kappa shape index (κ3) is 1.91. The van der Waals surface area contributed by atoms with E-state index >= 15 is 0 Å². The second kappa shape index (κ2) is 3.84. The summed E-state index contributed by atoms with van der Waals surface area (Å²) in [7, 11) is 2.10. The molecule has 2 unspecified atom stereocenters. The van der Waals surface area contributed by atoms with Gasteiger partial charge in [-0.25, -0.2) is 0 Å². The molecule has 0 radical (unpaired) electrons.